The van der Waals surface area contributed by atoms with Gasteiger partial charge in [-0.05, 0) is 43.3 Å². The van der Waals surface area contributed by atoms with Crippen LogP contribution in [0, 0.1) is 0 Å². The fourth-order valence-electron chi connectivity index (χ4n) is 1.77. The Labute approximate surface area is 148 Å². The average Bonchev–Trinajstić information content (AvgIpc) is 2.56. The third kappa shape index (κ3) is 5.58. The van der Waals surface area contributed by atoms with E-state index in [9.17, 15) is 9.90 Å². The van der Waals surface area contributed by atoms with Crippen LogP contribution < -0.4 is 14.9 Å². The highest BCUT2D eigenvalue weighted by atomic mass is 79.9. The van der Waals surface area contributed by atoms with Gasteiger partial charge in [0.15, 0.2) is 6.61 Å². The van der Waals surface area contributed by atoms with Crippen LogP contribution in [0.15, 0.2) is 52.0 Å². The summed E-state index contributed by atoms with van der Waals surface area (Å²) in [4.78, 5) is 11.7. The molecule has 0 saturated carbocycles. The number of hydrogen-bond acceptors (Lipinski definition) is 5. The molecule has 2 rings (SSSR count). The van der Waals surface area contributed by atoms with E-state index in [-0.39, 0.29) is 12.4 Å². The van der Waals surface area contributed by atoms with Crippen molar-refractivity contribution in [2.45, 2.75) is 6.92 Å². The zero-order valence-electron chi connectivity index (χ0n) is 13.0. The Morgan fingerprint density at radius 1 is 1.21 bits per heavy atom. The lowest BCUT2D eigenvalue weighted by molar-refractivity contribution is -0.123. The van der Waals surface area contributed by atoms with E-state index in [1.54, 1.807) is 24.3 Å². The lowest BCUT2D eigenvalue weighted by Crippen LogP contribution is -2.24. The van der Waals surface area contributed by atoms with Crippen LogP contribution in [-0.4, -0.2) is 30.4 Å². The number of rotatable bonds is 7. The maximum atomic E-state index is 11.7. The van der Waals surface area contributed by atoms with Gasteiger partial charge in [0.05, 0.1) is 12.8 Å². The van der Waals surface area contributed by atoms with Crippen LogP contribution in [0.2, 0.25) is 0 Å². The fraction of sp³-hybridized carbons (Fsp3) is 0.176. The fourth-order valence-corrected chi connectivity index (χ4v) is 2.04. The minimum atomic E-state index is -0.403. The number of halogens is 1. The van der Waals surface area contributed by atoms with Crippen molar-refractivity contribution in [2.75, 3.05) is 13.2 Å². The van der Waals surface area contributed by atoms with E-state index in [0.29, 0.717) is 23.7 Å². The summed E-state index contributed by atoms with van der Waals surface area (Å²) < 4.78 is 11.5. The monoisotopic (exact) mass is 392 g/mol. The summed E-state index contributed by atoms with van der Waals surface area (Å²) in [7, 11) is 0. The zero-order chi connectivity index (χ0) is 17.4. The van der Waals surface area contributed by atoms with Crippen molar-refractivity contribution >= 4 is 28.1 Å². The second-order valence-corrected chi connectivity index (χ2v) is 5.61. The summed E-state index contributed by atoms with van der Waals surface area (Å²) in [6.07, 6.45) is 1.35. The Bertz CT molecular complexity index is 717. The Kier molecular flexibility index (Phi) is 6.62. The van der Waals surface area contributed by atoms with Crippen molar-refractivity contribution in [1.29, 1.82) is 0 Å². The van der Waals surface area contributed by atoms with E-state index in [1.807, 2.05) is 19.1 Å². The molecule has 126 valence electrons. The third-order valence-corrected chi connectivity index (χ3v) is 3.42. The molecule has 24 heavy (non-hydrogen) atoms. The van der Waals surface area contributed by atoms with Gasteiger partial charge >= 0.3 is 0 Å². The van der Waals surface area contributed by atoms with Crippen LogP contribution >= 0.6 is 15.9 Å². The van der Waals surface area contributed by atoms with Crippen LogP contribution in [0.3, 0.4) is 0 Å². The van der Waals surface area contributed by atoms with E-state index in [1.165, 1.54) is 12.3 Å². The van der Waals surface area contributed by atoms with Gasteiger partial charge in [0.25, 0.3) is 5.91 Å². The van der Waals surface area contributed by atoms with Crippen molar-refractivity contribution < 1.29 is 19.4 Å². The molecule has 0 aromatic heterocycles. The van der Waals surface area contributed by atoms with Gasteiger partial charge in [-0.1, -0.05) is 15.9 Å². The second-order valence-electron chi connectivity index (χ2n) is 4.69. The topological polar surface area (TPSA) is 80.2 Å². The summed E-state index contributed by atoms with van der Waals surface area (Å²) >= 11 is 3.32. The van der Waals surface area contributed by atoms with Gasteiger partial charge in [0.1, 0.15) is 17.2 Å². The Morgan fingerprint density at radius 3 is 2.58 bits per heavy atom. The van der Waals surface area contributed by atoms with Crippen LogP contribution in [0.4, 0.5) is 0 Å². The number of aromatic hydroxyl groups is 1. The van der Waals surface area contributed by atoms with Crippen molar-refractivity contribution in [3.8, 4) is 17.2 Å². The first kappa shape index (κ1) is 17.8. The predicted octanol–water partition coefficient (Wildman–Crippen LogP) is 3.08. The number of hydrazone groups is 1. The molecule has 0 saturated heterocycles. The predicted molar refractivity (Wildman–Crippen MR) is 94.6 cm³/mol. The molecular formula is C17H17BrN2O4. The molecule has 0 spiro atoms. The van der Waals surface area contributed by atoms with Crippen molar-refractivity contribution in [1.82, 2.24) is 5.43 Å². The van der Waals surface area contributed by atoms with E-state index in [0.717, 1.165) is 4.47 Å². The molecule has 0 aliphatic carbocycles. The van der Waals surface area contributed by atoms with E-state index >= 15 is 0 Å². The summed E-state index contributed by atoms with van der Waals surface area (Å²) in [6, 6.07) is 12.0. The molecule has 0 unspecified atom stereocenters. The summed E-state index contributed by atoms with van der Waals surface area (Å²) in [5.41, 5.74) is 2.80. The van der Waals surface area contributed by atoms with E-state index in [4.69, 9.17) is 9.47 Å². The molecule has 2 aromatic rings. The quantitative estimate of drug-likeness (QED) is 0.560. The van der Waals surface area contributed by atoms with Gasteiger partial charge in [0.2, 0.25) is 0 Å². The minimum absolute atomic E-state index is 0.0186. The average molecular weight is 393 g/mol. The van der Waals surface area contributed by atoms with Crippen molar-refractivity contribution in [3.63, 3.8) is 0 Å². The standard InChI is InChI=1S/C17H17BrN2O4/c1-2-23-15-6-3-12(16(21)9-15)10-19-20-17(22)11-24-14-7-4-13(18)5-8-14/h3-10,21H,2,11H2,1H3,(H,20,22)/b19-10+. The van der Waals surface area contributed by atoms with Gasteiger partial charge in [0, 0.05) is 16.1 Å². The lowest BCUT2D eigenvalue weighted by atomic mass is 10.2. The number of hydrogen-bond donors (Lipinski definition) is 2. The van der Waals surface area contributed by atoms with Crippen LogP contribution in [0.25, 0.3) is 0 Å². The molecule has 0 radical (unpaired) electrons. The largest absolute Gasteiger partial charge is 0.507 e. The van der Waals surface area contributed by atoms with Crippen LogP contribution in [-0.2, 0) is 4.79 Å². The molecule has 2 N–H and O–H groups in total. The first-order valence-corrected chi connectivity index (χ1v) is 8.04. The van der Waals surface area contributed by atoms with Crippen molar-refractivity contribution in [3.05, 3.63) is 52.5 Å². The summed E-state index contributed by atoms with van der Waals surface area (Å²) in [6.45, 7) is 2.22. The number of amides is 1. The number of benzene rings is 2. The van der Waals surface area contributed by atoms with Gasteiger partial charge in [-0.15, -0.1) is 0 Å². The molecule has 0 aliphatic heterocycles. The smallest absolute Gasteiger partial charge is 0.277 e. The summed E-state index contributed by atoms with van der Waals surface area (Å²) in [5.74, 6) is 0.769. The maximum Gasteiger partial charge on any atom is 0.277 e. The summed E-state index contributed by atoms with van der Waals surface area (Å²) in [5, 5.41) is 13.6. The van der Waals surface area contributed by atoms with Gasteiger partial charge in [-0.25, -0.2) is 5.43 Å². The Hall–Kier alpha value is -2.54. The number of carbonyl (C=O) groups excluding carboxylic acids is 1. The molecular weight excluding hydrogens is 376 g/mol. The molecule has 6 nitrogen and oxygen atoms in total. The number of carbonyl (C=O) groups is 1. The number of phenolic OH excluding ortho intramolecular Hbond substituents is 1. The van der Waals surface area contributed by atoms with Crippen molar-refractivity contribution in [2.24, 2.45) is 5.10 Å². The Balaban J connectivity index is 1.82. The van der Waals surface area contributed by atoms with Crippen LogP contribution in [0.5, 0.6) is 17.2 Å². The molecule has 1 amide bonds. The molecule has 0 aliphatic rings. The van der Waals surface area contributed by atoms with E-state index in [2.05, 4.69) is 26.5 Å². The minimum Gasteiger partial charge on any atom is -0.507 e. The molecule has 0 heterocycles. The first-order chi connectivity index (χ1) is 11.6. The highest BCUT2D eigenvalue weighted by molar-refractivity contribution is 9.10. The third-order valence-electron chi connectivity index (χ3n) is 2.89. The lowest BCUT2D eigenvalue weighted by Gasteiger charge is -2.06. The second kappa shape index (κ2) is 8.93. The first-order valence-electron chi connectivity index (χ1n) is 7.24. The van der Waals surface area contributed by atoms with Gasteiger partial charge in [-0.3, -0.25) is 4.79 Å². The highest BCUT2D eigenvalue weighted by Crippen LogP contribution is 2.22. The number of nitrogens with one attached hydrogen (secondary N) is 1. The number of nitrogens with zero attached hydrogens (tertiary/aromatic N) is 1. The zero-order valence-corrected chi connectivity index (χ0v) is 14.6. The molecule has 0 bridgehead atoms. The molecule has 0 fully saturated rings. The normalized spacial score (nSPS) is 10.6. The van der Waals surface area contributed by atoms with Gasteiger partial charge in [-0.2, -0.15) is 5.10 Å². The highest BCUT2D eigenvalue weighted by Gasteiger charge is 2.03. The van der Waals surface area contributed by atoms with Gasteiger partial charge < -0.3 is 14.6 Å². The molecule has 2 aromatic carbocycles. The molecule has 0 atom stereocenters. The van der Waals surface area contributed by atoms with Crippen LogP contribution in [0.1, 0.15) is 12.5 Å². The number of phenols is 1. The SMILES string of the molecule is CCOc1ccc(/C=N/NC(=O)COc2ccc(Br)cc2)c(O)c1. The Morgan fingerprint density at radius 2 is 1.92 bits per heavy atom. The number of ether oxygens (including phenoxy) is 2. The molecule has 7 heteroatoms. The maximum absolute atomic E-state index is 11.7. The van der Waals surface area contributed by atoms with E-state index < -0.39 is 5.91 Å².